The third-order valence-electron chi connectivity index (χ3n) is 9.48. The average Bonchev–Trinajstić information content (AvgIpc) is 3.09. The molecule has 0 amide bonds. The van der Waals surface area contributed by atoms with Gasteiger partial charge in [-0.25, -0.2) is 9.59 Å². The fraction of sp³-hybridized carbons (Fsp3) is 0.810. The maximum absolute atomic E-state index is 12.4. The molecule has 278 valence electrons. The molecule has 6 nitrogen and oxygen atoms in total. The number of carbonyl (C=O) groups excluding carboxylic acids is 2. The predicted octanol–water partition coefficient (Wildman–Crippen LogP) is 11.3. The van der Waals surface area contributed by atoms with Crippen molar-refractivity contribution in [2.24, 2.45) is 0 Å². The minimum Gasteiger partial charge on any atom is -0.462 e. The van der Waals surface area contributed by atoms with Crippen molar-refractivity contribution in [3.63, 3.8) is 0 Å². The molecule has 0 bridgehead atoms. The minimum absolute atomic E-state index is 0.337. The van der Waals surface area contributed by atoms with Crippen LogP contribution in [0.5, 0.6) is 0 Å². The van der Waals surface area contributed by atoms with Crippen molar-refractivity contribution >= 4 is 11.9 Å². The minimum atomic E-state index is -0.337. The molecule has 0 unspecified atom stereocenters. The summed E-state index contributed by atoms with van der Waals surface area (Å²) in [7, 11) is 4.37. The number of esters is 2. The number of carbonyl (C=O) groups is 2. The SMILES string of the molecule is CCCCCCCCCCCCN(C)CCCCOC(=O)c1ccc(C(=O)OCCCCN(C)CCCCCCCCCCCC)cc1. The third-order valence-corrected chi connectivity index (χ3v) is 9.48. The molecule has 0 radical (unpaired) electrons. The Balaban J connectivity index is 2.02. The first-order valence-corrected chi connectivity index (χ1v) is 20.3. The van der Waals surface area contributed by atoms with E-state index in [0.717, 1.165) is 51.9 Å². The van der Waals surface area contributed by atoms with E-state index in [-0.39, 0.29) is 11.9 Å². The Morgan fingerprint density at radius 2 is 0.667 bits per heavy atom. The first kappa shape index (κ1) is 44.1. The molecule has 0 aliphatic heterocycles. The van der Waals surface area contributed by atoms with Gasteiger partial charge in [-0.15, -0.1) is 0 Å². The van der Waals surface area contributed by atoms with Gasteiger partial charge in [0, 0.05) is 0 Å². The summed E-state index contributed by atoms with van der Waals surface area (Å²) in [5.41, 5.74) is 0.935. The largest absolute Gasteiger partial charge is 0.462 e. The number of rotatable bonds is 34. The molecule has 0 N–H and O–H groups in total. The fourth-order valence-electron chi connectivity index (χ4n) is 6.17. The smallest absolute Gasteiger partial charge is 0.338 e. The summed E-state index contributed by atoms with van der Waals surface area (Å²) in [5.74, 6) is -0.675. The van der Waals surface area contributed by atoms with E-state index in [4.69, 9.17) is 9.47 Å². The van der Waals surface area contributed by atoms with E-state index in [1.165, 1.54) is 128 Å². The van der Waals surface area contributed by atoms with Crippen LogP contribution < -0.4 is 0 Å². The van der Waals surface area contributed by atoms with Gasteiger partial charge in [0.15, 0.2) is 0 Å². The highest BCUT2D eigenvalue weighted by Gasteiger charge is 2.11. The normalized spacial score (nSPS) is 11.5. The van der Waals surface area contributed by atoms with E-state index in [1.54, 1.807) is 24.3 Å². The van der Waals surface area contributed by atoms with Gasteiger partial charge in [-0.3, -0.25) is 0 Å². The zero-order valence-electron chi connectivity index (χ0n) is 32.1. The number of benzene rings is 1. The first-order chi connectivity index (χ1) is 23.5. The molecule has 0 aliphatic carbocycles. The van der Waals surface area contributed by atoms with Crippen molar-refractivity contribution in [3.8, 4) is 0 Å². The van der Waals surface area contributed by atoms with Crippen LogP contribution in [-0.2, 0) is 9.47 Å². The molecule has 0 saturated heterocycles. The zero-order chi connectivity index (χ0) is 34.9. The topological polar surface area (TPSA) is 59.1 Å². The van der Waals surface area contributed by atoms with E-state index in [9.17, 15) is 9.59 Å². The maximum Gasteiger partial charge on any atom is 0.338 e. The summed E-state index contributed by atoms with van der Waals surface area (Å²) in [6.07, 6.45) is 31.1. The van der Waals surface area contributed by atoms with Gasteiger partial charge in [0.1, 0.15) is 0 Å². The molecule has 1 aromatic carbocycles. The monoisotopic (exact) mass is 673 g/mol. The number of hydrogen-bond donors (Lipinski definition) is 0. The molecule has 1 aromatic rings. The maximum atomic E-state index is 12.4. The van der Waals surface area contributed by atoms with E-state index >= 15 is 0 Å². The van der Waals surface area contributed by atoms with Gasteiger partial charge in [0.25, 0.3) is 0 Å². The lowest BCUT2D eigenvalue weighted by Gasteiger charge is -2.16. The van der Waals surface area contributed by atoms with Crippen LogP contribution in [0.4, 0.5) is 0 Å². The van der Waals surface area contributed by atoms with Gasteiger partial charge in [0.2, 0.25) is 0 Å². The fourth-order valence-corrected chi connectivity index (χ4v) is 6.17. The van der Waals surface area contributed by atoms with Crippen molar-refractivity contribution in [1.82, 2.24) is 9.80 Å². The van der Waals surface area contributed by atoms with Crippen molar-refractivity contribution in [2.45, 2.75) is 168 Å². The molecule has 6 heteroatoms. The Hall–Kier alpha value is -1.92. The Morgan fingerprint density at radius 3 is 0.958 bits per heavy atom. The molecular weight excluding hydrogens is 596 g/mol. The van der Waals surface area contributed by atoms with Crippen LogP contribution in [0.2, 0.25) is 0 Å². The lowest BCUT2D eigenvalue weighted by molar-refractivity contribution is 0.0481. The van der Waals surface area contributed by atoms with E-state index in [2.05, 4.69) is 37.7 Å². The Kier molecular flexibility index (Phi) is 29.7. The van der Waals surface area contributed by atoms with Crippen LogP contribution in [0.1, 0.15) is 189 Å². The van der Waals surface area contributed by atoms with Crippen LogP contribution in [-0.4, -0.2) is 75.2 Å². The highest BCUT2D eigenvalue weighted by molar-refractivity contribution is 5.93. The number of hydrogen-bond acceptors (Lipinski definition) is 6. The Labute approximate surface area is 297 Å². The summed E-state index contributed by atoms with van der Waals surface area (Å²) in [4.78, 5) is 29.7. The number of ether oxygens (including phenoxy) is 2. The molecule has 0 fully saturated rings. The van der Waals surface area contributed by atoms with E-state index in [1.807, 2.05) is 0 Å². The predicted molar refractivity (Wildman–Crippen MR) is 204 cm³/mol. The van der Waals surface area contributed by atoms with Crippen LogP contribution in [0.3, 0.4) is 0 Å². The molecule has 0 aromatic heterocycles. The lowest BCUT2D eigenvalue weighted by Crippen LogP contribution is -2.21. The summed E-state index contributed by atoms with van der Waals surface area (Å²) in [5, 5.41) is 0. The van der Waals surface area contributed by atoms with Gasteiger partial charge >= 0.3 is 11.9 Å². The molecule has 0 heterocycles. The Bertz CT molecular complexity index is 804. The summed E-state index contributed by atoms with van der Waals surface area (Å²) in [6.45, 7) is 9.73. The second-order valence-corrected chi connectivity index (χ2v) is 14.2. The number of unbranched alkanes of at least 4 members (excludes halogenated alkanes) is 20. The highest BCUT2D eigenvalue weighted by Crippen LogP contribution is 2.13. The first-order valence-electron chi connectivity index (χ1n) is 20.3. The molecule has 0 aliphatic rings. The van der Waals surface area contributed by atoms with Gasteiger partial charge in [-0.1, -0.05) is 129 Å². The highest BCUT2D eigenvalue weighted by atomic mass is 16.5. The van der Waals surface area contributed by atoms with Crippen molar-refractivity contribution in [1.29, 1.82) is 0 Å². The van der Waals surface area contributed by atoms with Crippen LogP contribution >= 0.6 is 0 Å². The third kappa shape index (κ3) is 26.0. The lowest BCUT2D eigenvalue weighted by atomic mass is 10.1. The Morgan fingerprint density at radius 1 is 0.417 bits per heavy atom. The molecular formula is C42H76N2O4. The van der Waals surface area contributed by atoms with Gasteiger partial charge in [-0.2, -0.15) is 0 Å². The summed E-state index contributed by atoms with van der Waals surface area (Å²) < 4.78 is 10.9. The van der Waals surface area contributed by atoms with Gasteiger partial charge < -0.3 is 19.3 Å². The zero-order valence-corrected chi connectivity index (χ0v) is 32.1. The van der Waals surface area contributed by atoms with Crippen molar-refractivity contribution < 1.29 is 19.1 Å². The molecule has 0 saturated carbocycles. The summed E-state index contributed by atoms with van der Waals surface area (Å²) in [6, 6.07) is 6.62. The van der Waals surface area contributed by atoms with Crippen molar-refractivity contribution in [2.75, 3.05) is 53.5 Å². The molecule has 0 atom stereocenters. The van der Waals surface area contributed by atoms with E-state index in [0.29, 0.717) is 24.3 Å². The second kappa shape index (κ2) is 32.3. The van der Waals surface area contributed by atoms with Crippen LogP contribution in [0.25, 0.3) is 0 Å². The second-order valence-electron chi connectivity index (χ2n) is 14.2. The van der Waals surface area contributed by atoms with Gasteiger partial charge in [-0.05, 0) is 103 Å². The molecule has 0 spiro atoms. The standard InChI is InChI=1S/C42H76N2O4/c1-5-7-9-11-13-15-17-19-21-23-33-43(3)35-25-27-37-47-41(45)39-29-31-40(32-30-39)42(46)48-38-28-26-36-44(4)34-24-22-20-18-16-14-12-10-8-6-2/h29-32H,5-28,33-38H2,1-4H3. The average molecular weight is 673 g/mol. The number of nitrogens with zero attached hydrogens (tertiary/aromatic N) is 2. The van der Waals surface area contributed by atoms with Crippen LogP contribution in [0, 0.1) is 0 Å². The van der Waals surface area contributed by atoms with E-state index < -0.39 is 0 Å². The van der Waals surface area contributed by atoms with Crippen LogP contribution in [0.15, 0.2) is 24.3 Å². The van der Waals surface area contributed by atoms with Gasteiger partial charge in [0.05, 0.1) is 24.3 Å². The van der Waals surface area contributed by atoms with Crippen molar-refractivity contribution in [3.05, 3.63) is 35.4 Å². The quantitative estimate of drug-likeness (QED) is 0.0536. The molecule has 48 heavy (non-hydrogen) atoms. The molecule has 1 rings (SSSR count). The summed E-state index contributed by atoms with van der Waals surface area (Å²) >= 11 is 0.